The molecule has 3 aliphatic rings. The number of alkyl halides is 3. The topological polar surface area (TPSA) is 69.7 Å². The van der Waals surface area contributed by atoms with E-state index >= 15 is 0 Å². The molecule has 6 nitrogen and oxygen atoms in total. The number of nitrogens with zero attached hydrogens (tertiary/aromatic N) is 2. The standard InChI is InChI=1S/C30H24F3N3O3/c1-16-12-17(2)14-21(13-16)36-28(38)23-24(29(36)39)26(35-11-10-18-6-3-4-9-22(18)25(23)35)27(37)34-20-8-5-7-19(15-20)30(31,32)33/h3-15,23-26H,1-2H3,(H,34,37)/t23-,24-,25-,26+/m1/s1. The van der Waals surface area contributed by atoms with Crippen LogP contribution in [0.5, 0.6) is 0 Å². The van der Waals surface area contributed by atoms with E-state index in [1.165, 1.54) is 12.1 Å². The largest absolute Gasteiger partial charge is 0.416 e. The number of imide groups is 1. The fraction of sp³-hybridized carbons (Fsp3) is 0.233. The van der Waals surface area contributed by atoms with Gasteiger partial charge in [-0.15, -0.1) is 0 Å². The van der Waals surface area contributed by atoms with Crippen molar-refractivity contribution < 1.29 is 27.6 Å². The summed E-state index contributed by atoms with van der Waals surface area (Å²) >= 11 is 0. The van der Waals surface area contributed by atoms with Crippen LogP contribution in [0.1, 0.15) is 33.9 Å². The first-order chi connectivity index (χ1) is 18.5. The van der Waals surface area contributed by atoms with E-state index in [1.807, 2.05) is 50.3 Å². The molecule has 3 aliphatic heterocycles. The summed E-state index contributed by atoms with van der Waals surface area (Å²) < 4.78 is 39.8. The van der Waals surface area contributed by atoms with Gasteiger partial charge in [-0.2, -0.15) is 13.2 Å². The van der Waals surface area contributed by atoms with Crippen molar-refractivity contribution in [1.29, 1.82) is 0 Å². The van der Waals surface area contributed by atoms with Crippen LogP contribution < -0.4 is 10.2 Å². The highest BCUT2D eigenvalue weighted by Crippen LogP contribution is 2.53. The molecule has 4 atom stereocenters. The number of rotatable bonds is 3. The molecule has 6 rings (SSSR count). The minimum Gasteiger partial charge on any atom is -0.357 e. The van der Waals surface area contributed by atoms with E-state index in [1.54, 1.807) is 23.2 Å². The molecule has 0 aromatic heterocycles. The minimum atomic E-state index is -4.58. The summed E-state index contributed by atoms with van der Waals surface area (Å²) in [6, 6.07) is 15.6. The zero-order valence-corrected chi connectivity index (χ0v) is 21.1. The van der Waals surface area contributed by atoms with Crippen LogP contribution in [0.15, 0.2) is 72.9 Å². The molecule has 3 amide bonds. The lowest BCUT2D eigenvalue weighted by Crippen LogP contribution is -2.46. The Labute approximate surface area is 222 Å². The van der Waals surface area contributed by atoms with E-state index < -0.39 is 53.4 Å². The number of hydrogen-bond donors (Lipinski definition) is 1. The van der Waals surface area contributed by atoms with Gasteiger partial charge in [0.25, 0.3) is 0 Å². The van der Waals surface area contributed by atoms with Crippen molar-refractivity contribution in [1.82, 2.24) is 4.90 Å². The molecule has 2 saturated heterocycles. The van der Waals surface area contributed by atoms with E-state index in [0.29, 0.717) is 5.69 Å². The van der Waals surface area contributed by atoms with Crippen LogP contribution in [-0.2, 0) is 20.6 Å². The van der Waals surface area contributed by atoms with Gasteiger partial charge >= 0.3 is 6.18 Å². The second kappa shape index (κ2) is 8.83. The van der Waals surface area contributed by atoms with Crippen molar-refractivity contribution in [2.24, 2.45) is 11.8 Å². The lowest BCUT2D eigenvalue weighted by atomic mass is 9.84. The second-order valence-electron chi connectivity index (χ2n) is 10.3. The molecule has 0 aliphatic carbocycles. The zero-order valence-electron chi connectivity index (χ0n) is 21.1. The molecule has 0 saturated carbocycles. The van der Waals surface area contributed by atoms with Crippen molar-refractivity contribution >= 4 is 35.2 Å². The van der Waals surface area contributed by atoms with Gasteiger partial charge < -0.3 is 10.2 Å². The number of halogens is 3. The zero-order chi connectivity index (χ0) is 27.6. The number of nitrogens with one attached hydrogen (secondary N) is 1. The van der Waals surface area contributed by atoms with Crippen molar-refractivity contribution in [3.05, 3.63) is 101 Å². The third-order valence-electron chi connectivity index (χ3n) is 7.65. The maximum Gasteiger partial charge on any atom is 0.416 e. The number of aryl methyl sites for hydroxylation is 2. The molecule has 2 fully saturated rings. The highest BCUT2D eigenvalue weighted by Gasteiger charge is 2.64. The predicted molar refractivity (Wildman–Crippen MR) is 139 cm³/mol. The molecular formula is C30H24F3N3O3. The molecule has 39 heavy (non-hydrogen) atoms. The molecule has 3 heterocycles. The first-order valence-corrected chi connectivity index (χ1v) is 12.5. The van der Waals surface area contributed by atoms with Crippen molar-refractivity contribution in [2.45, 2.75) is 32.1 Å². The number of fused-ring (bicyclic) bond motifs is 5. The number of anilines is 2. The van der Waals surface area contributed by atoms with Crippen LogP contribution in [-0.4, -0.2) is 28.7 Å². The lowest BCUT2D eigenvalue weighted by Gasteiger charge is -2.35. The molecule has 3 aromatic rings. The summed E-state index contributed by atoms with van der Waals surface area (Å²) in [6.07, 6.45) is -1.07. The van der Waals surface area contributed by atoms with Crippen LogP contribution in [0.25, 0.3) is 6.08 Å². The van der Waals surface area contributed by atoms with Gasteiger partial charge in [-0.25, -0.2) is 4.90 Å². The summed E-state index contributed by atoms with van der Waals surface area (Å²) in [5.74, 6) is -3.42. The van der Waals surface area contributed by atoms with E-state index in [0.717, 1.165) is 39.3 Å². The summed E-state index contributed by atoms with van der Waals surface area (Å²) in [6.45, 7) is 3.75. The Morgan fingerprint density at radius 2 is 1.56 bits per heavy atom. The van der Waals surface area contributed by atoms with Gasteiger partial charge in [0.05, 0.1) is 29.1 Å². The van der Waals surface area contributed by atoms with E-state index in [9.17, 15) is 27.6 Å². The Balaban J connectivity index is 1.43. The van der Waals surface area contributed by atoms with Gasteiger partial charge in [0.2, 0.25) is 17.7 Å². The number of amides is 3. The molecular weight excluding hydrogens is 507 g/mol. The SMILES string of the molecule is Cc1cc(C)cc(N2C(=O)[C@@H]3[C@@H](C2=O)[C@H]2c4ccccc4C=CN2[C@@H]3C(=O)Nc2cccc(C(F)(F)F)c2)c1. The maximum absolute atomic E-state index is 14.0. The molecule has 9 heteroatoms. The predicted octanol–water partition coefficient (Wildman–Crippen LogP) is 5.48. The normalized spacial score (nSPS) is 23.5. The molecule has 0 spiro atoms. The van der Waals surface area contributed by atoms with Gasteiger partial charge in [0.15, 0.2) is 0 Å². The van der Waals surface area contributed by atoms with E-state index in [-0.39, 0.29) is 5.69 Å². The fourth-order valence-electron chi connectivity index (χ4n) is 6.18. The van der Waals surface area contributed by atoms with Crippen molar-refractivity contribution in [3.63, 3.8) is 0 Å². The highest BCUT2D eigenvalue weighted by atomic mass is 19.4. The van der Waals surface area contributed by atoms with Gasteiger partial charge in [-0.1, -0.05) is 36.4 Å². The van der Waals surface area contributed by atoms with Crippen LogP contribution >= 0.6 is 0 Å². The Hall–Kier alpha value is -4.40. The third-order valence-corrected chi connectivity index (χ3v) is 7.65. The minimum absolute atomic E-state index is 0.0425. The summed E-state index contributed by atoms with van der Waals surface area (Å²) in [5.41, 5.74) is 2.96. The van der Waals surface area contributed by atoms with E-state index in [4.69, 9.17) is 0 Å². The average molecular weight is 532 g/mol. The van der Waals surface area contributed by atoms with Crippen LogP contribution in [0.3, 0.4) is 0 Å². The quantitative estimate of drug-likeness (QED) is 0.455. The second-order valence-corrected chi connectivity index (χ2v) is 10.3. The summed E-state index contributed by atoms with van der Waals surface area (Å²) in [7, 11) is 0. The molecule has 0 bridgehead atoms. The van der Waals surface area contributed by atoms with Gasteiger partial charge in [-0.3, -0.25) is 14.4 Å². The number of carbonyl (C=O) groups excluding carboxylic acids is 3. The number of carbonyl (C=O) groups is 3. The summed E-state index contributed by atoms with van der Waals surface area (Å²) in [4.78, 5) is 44.5. The first kappa shape index (κ1) is 24.9. The van der Waals surface area contributed by atoms with Crippen molar-refractivity contribution in [2.75, 3.05) is 10.2 Å². The highest BCUT2D eigenvalue weighted by molar-refractivity contribution is 6.24. The summed E-state index contributed by atoms with van der Waals surface area (Å²) in [5, 5.41) is 2.58. The van der Waals surface area contributed by atoms with Crippen LogP contribution in [0.4, 0.5) is 24.5 Å². The molecule has 3 aromatic carbocycles. The molecule has 1 N–H and O–H groups in total. The van der Waals surface area contributed by atoms with Gasteiger partial charge in [0.1, 0.15) is 6.04 Å². The smallest absolute Gasteiger partial charge is 0.357 e. The Kier molecular flexibility index (Phi) is 5.64. The fourth-order valence-corrected chi connectivity index (χ4v) is 6.18. The van der Waals surface area contributed by atoms with Gasteiger partial charge in [-0.05, 0) is 72.5 Å². The van der Waals surface area contributed by atoms with Crippen LogP contribution in [0, 0.1) is 25.7 Å². The Morgan fingerprint density at radius 3 is 2.28 bits per heavy atom. The number of hydrogen-bond acceptors (Lipinski definition) is 4. The van der Waals surface area contributed by atoms with Gasteiger partial charge in [0, 0.05) is 11.9 Å². The monoisotopic (exact) mass is 531 g/mol. The first-order valence-electron chi connectivity index (χ1n) is 12.5. The van der Waals surface area contributed by atoms with Crippen molar-refractivity contribution in [3.8, 4) is 0 Å². The average Bonchev–Trinajstić information content (AvgIpc) is 3.35. The maximum atomic E-state index is 14.0. The Morgan fingerprint density at radius 1 is 0.872 bits per heavy atom. The third kappa shape index (κ3) is 4.00. The molecule has 198 valence electrons. The molecule has 0 radical (unpaired) electrons. The molecule has 0 unspecified atom stereocenters. The number of benzene rings is 3. The Bertz CT molecular complexity index is 1540. The van der Waals surface area contributed by atoms with Crippen LogP contribution in [0.2, 0.25) is 0 Å². The lowest BCUT2D eigenvalue weighted by molar-refractivity contribution is -0.137. The van der Waals surface area contributed by atoms with E-state index in [2.05, 4.69) is 5.32 Å².